The molecule has 1 unspecified atom stereocenters. The Hall–Kier alpha value is -2.22. The number of hydrogen-bond acceptors (Lipinski definition) is 4. The Kier molecular flexibility index (Phi) is 6.90. The summed E-state index contributed by atoms with van der Waals surface area (Å²) < 4.78 is 0.702. The molecular weight excluding hydrogens is 374 g/mol. The summed E-state index contributed by atoms with van der Waals surface area (Å²) in [4.78, 5) is 25.3. The van der Waals surface area contributed by atoms with Crippen molar-refractivity contribution in [2.24, 2.45) is 0 Å². The van der Waals surface area contributed by atoms with E-state index < -0.39 is 4.92 Å². The molecule has 1 heterocycles. The molecule has 2 aromatic rings. The van der Waals surface area contributed by atoms with Crippen LogP contribution in [0.2, 0.25) is 4.34 Å². The molecule has 138 valence electrons. The van der Waals surface area contributed by atoms with Crippen molar-refractivity contribution >= 4 is 40.2 Å². The first-order chi connectivity index (χ1) is 12.3. The molecule has 0 saturated heterocycles. The highest BCUT2D eigenvalue weighted by Crippen LogP contribution is 2.27. The van der Waals surface area contributed by atoms with Crippen LogP contribution in [0.1, 0.15) is 16.0 Å². The maximum atomic E-state index is 12.5. The van der Waals surface area contributed by atoms with Crippen LogP contribution in [0.5, 0.6) is 0 Å². The maximum absolute atomic E-state index is 12.5. The number of halogens is 1. The molecule has 0 aliphatic heterocycles. The average molecular weight is 395 g/mol. The number of thiophene rings is 1. The molecule has 8 heteroatoms. The molecule has 0 aliphatic carbocycles. The highest BCUT2D eigenvalue weighted by molar-refractivity contribution is 7.16. The van der Waals surface area contributed by atoms with Crippen molar-refractivity contribution in [3.63, 3.8) is 0 Å². The van der Waals surface area contributed by atoms with Crippen LogP contribution >= 0.6 is 22.9 Å². The summed E-state index contributed by atoms with van der Waals surface area (Å²) in [5.41, 5.74) is 1.81. The second-order valence-corrected chi connectivity index (χ2v) is 7.86. The zero-order chi connectivity index (χ0) is 19.3. The summed E-state index contributed by atoms with van der Waals surface area (Å²) >= 11 is 7.43. The van der Waals surface area contributed by atoms with E-state index in [1.165, 1.54) is 17.4 Å². The van der Waals surface area contributed by atoms with Crippen LogP contribution in [0.4, 0.5) is 11.4 Å². The second kappa shape index (κ2) is 8.93. The van der Waals surface area contributed by atoms with Crippen molar-refractivity contribution < 1.29 is 14.6 Å². The van der Waals surface area contributed by atoms with Gasteiger partial charge in [0.2, 0.25) is 0 Å². The number of carbonyl (C=O) groups is 1. The SMILES string of the molecule is C=CC[NH+](CC(=O)Nc1cc(C)c(C)cc1[N+](=O)[O-])Cc1ccc(Cl)s1. The van der Waals surface area contributed by atoms with Gasteiger partial charge < -0.3 is 10.2 Å². The number of carbonyl (C=O) groups excluding carboxylic acids is 1. The normalized spacial score (nSPS) is 11.8. The molecule has 0 fully saturated rings. The number of nitrogens with one attached hydrogen (secondary N) is 2. The van der Waals surface area contributed by atoms with E-state index in [0.717, 1.165) is 20.9 Å². The molecule has 1 atom stereocenters. The number of nitro benzene ring substituents is 1. The molecule has 2 N–H and O–H groups in total. The fourth-order valence-corrected chi connectivity index (χ4v) is 3.74. The lowest BCUT2D eigenvalue weighted by Gasteiger charge is -2.17. The average Bonchev–Trinajstić information content (AvgIpc) is 2.95. The van der Waals surface area contributed by atoms with Gasteiger partial charge in [-0.1, -0.05) is 18.2 Å². The minimum atomic E-state index is -0.482. The molecule has 1 amide bonds. The van der Waals surface area contributed by atoms with Gasteiger partial charge in [0.25, 0.3) is 11.6 Å². The number of hydrogen-bond donors (Lipinski definition) is 2. The van der Waals surface area contributed by atoms with Gasteiger partial charge in [0, 0.05) is 6.07 Å². The Morgan fingerprint density at radius 2 is 2.08 bits per heavy atom. The Morgan fingerprint density at radius 3 is 2.65 bits per heavy atom. The Balaban J connectivity index is 2.11. The molecule has 0 aliphatic rings. The third-order valence-electron chi connectivity index (χ3n) is 3.98. The van der Waals surface area contributed by atoms with Crippen LogP contribution < -0.4 is 10.2 Å². The lowest BCUT2D eigenvalue weighted by atomic mass is 10.1. The van der Waals surface area contributed by atoms with Crippen molar-refractivity contribution in [2.75, 3.05) is 18.4 Å². The first-order valence-corrected chi connectivity index (χ1v) is 9.23. The molecule has 6 nitrogen and oxygen atoms in total. The predicted molar refractivity (Wildman–Crippen MR) is 105 cm³/mol. The molecule has 0 spiro atoms. The van der Waals surface area contributed by atoms with Gasteiger partial charge in [0.15, 0.2) is 6.54 Å². The maximum Gasteiger partial charge on any atom is 0.293 e. The number of anilines is 1. The van der Waals surface area contributed by atoms with Crippen molar-refractivity contribution in [2.45, 2.75) is 20.4 Å². The number of quaternary nitrogens is 1. The van der Waals surface area contributed by atoms with Crippen LogP contribution in [0.3, 0.4) is 0 Å². The highest BCUT2D eigenvalue weighted by Gasteiger charge is 2.20. The zero-order valence-electron chi connectivity index (χ0n) is 14.7. The smallest absolute Gasteiger partial charge is 0.293 e. The third-order valence-corrected chi connectivity index (χ3v) is 5.21. The van der Waals surface area contributed by atoms with E-state index in [9.17, 15) is 14.9 Å². The van der Waals surface area contributed by atoms with E-state index in [1.807, 2.05) is 19.1 Å². The standard InChI is InChI=1S/C18H20ClN3O3S/c1-4-7-21(10-14-5-6-17(19)26-14)11-18(23)20-15-8-12(2)13(3)9-16(15)22(24)25/h4-6,8-9H,1,7,10-11H2,2-3H3,(H,20,23)/p+1. The molecular formula is C18H21ClN3O3S+. The van der Waals surface area contributed by atoms with E-state index in [1.54, 1.807) is 19.1 Å². The van der Waals surface area contributed by atoms with E-state index in [4.69, 9.17) is 11.6 Å². The van der Waals surface area contributed by atoms with Crippen LogP contribution in [0.25, 0.3) is 0 Å². The van der Waals surface area contributed by atoms with E-state index in [0.29, 0.717) is 17.4 Å². The van der Waals surface area contributed by atoms with Gasteiger partial charge in [-0.15, -0.1) is 11.3 Å². The summed E-state index contributed by atoms with van der Waals surface area (Å²) in [6.07, 6.45) is 1.75. The van der Waals surface area contributed by atoms with Gasteiger partial charge >= 0.3 is 0 Å². The Bertz CT molecular complexity index is 835. The summed E-state index contributed by atoms with van der Waals surface area (Å²) in [7, 11) is 0. The second-order valence-electron chi connectivity index (χ2n) is 6.06. The van der Waals surface area contributed by atoms with E-state index in [2.05, 4.69) is 11.9 Å². The van der Waals surface area contributed by atoms with Gasteiger partial charge in [0.1, 0.15) is 12.2 Å². The first-order valence-electron chi connectivity index (χ1n) is 8.04. The fraction of sp³-hybridized carbons (Fsp3) is 0.278. The molecule has 1 aromatic carbocycles. The number of amides is 1. The van der Waals surface area contributed by atoms with Gasteiger partial charge in [-0.3, -0.25) is 14.9 Å². The number of rotatable bonds is 8. The largest absolute Gasteiger partial charge is 0.319 e. The Labute approximate surface area is 161 Å². The zero-order valence-corrected chi connectivity index (χ0v) is 16.2. The fourth-order valence-electron chi connectivity index (χ4n) is 2.58. The topological polar surface area (TPSA) is 76.7 Å². The predicted octanol–water partition coefficient (Wildman–Crippen LogP) is 3.14. The minimum Gasteiger partial charge on any atom is -0.319 e. The lowest BCUT2D eigenvalue weighted by Crippen LogP contribution is -3.11. The van der Waals surface area contributed by atoms with Crippen molar-refractivity contribution in [1.29, 1.82) is 0 Å². The summed E-state index contributed by atoms with van der Waals surface area (Å²) in [6, 6.07) is 6.87. The monoisotopic (exact) mass is 394 g/mol. The molecule has 0 radical (unpaired) electrons. The van der Waals surface area contributed by atoms with Crippen molar-refractivity contribution in [3.05, 3.63) is 67.4 Å². The minimum absolute atomic E-state index is 0.100. The van der Waals surface area contributed by atoms with Crippen LogP contribution in [-0.4, -0.2) is 23.9 Å². The van der Waals surface area contributed by atoms with Crippen LogP contribution in [0.15, 0.2) is 36.9 Å². The van der Waals surface area contributed by atoms with E-state index >= 15 is 0 Å². The van der Waals surface area contributed by atoms with Crippen LogP contribution in [-0.2, 0) is 11.3 Å². The van der Waals surface area contributed by atoms with Crippen molar-refractivity contribution in [1.82, 2.24) is 0 Å². The van der Waals surface area contributed by atoms with Gasteiger partial charge in [0.05, 0.1) is 20.7 Å². The summed E-state index contributed by atoms with van der Waals surface area (Å²) in [6.45, 7) is 8.78. The number of nitrogens with zero attached hydrogens (tertiary/aromatic N) is 1. The summed E-state index contributed by atoms with van der Waals surface area (Å²) in [5.74, 6) is -0.282. The van der Waals surface area contributed by atoms with Gasteiger partial charge in [-0.25, -0.2) is 0 Å². The number of benzene rings is 1. The van der Waals surface area contributed by atoms with Gasteiger partial charge in [-0.05, 0) is 49.2 Å². The molecule has 26 heavy (non-hydrogen) atoms. The van der Waals surface area contributed by atoms with Crippen LogP contribution in [0, 0.1) is 24.0 Å². The number of nitro groups is 1. The molecule has 1 aromatic heterocycles. The van der Waals surface area contributed by atoms with E-state index in [-0.39, 0.29) is 23.8 Å². The van der Waals surface area contributed by atoms with Gasteiger partial charge in [-0.2, -0.15) is 0 Å². The molecule has 2 rings (SSSR count). The van der Waals surface area contributed by atoms with Crippen molar-refractivity contribution in [3.8, 4) is 0 Å². The molecule has 0 bridgehead atoms. The lowest BCUT2D eigenvalue weighted by molar-refractivity contribution is -0.899. The summed E-state index contributed by atoms with van der Waals surface area (Å²) in [5, 5.41) is 13.9. The highest BCUT2D eigenvalue weighted by atomic mass is 35.5. The quantitative estimate of drug-likeness (QED) is 0.410. The number of aryl methyl sites for hydroxylation is 2. The first kappa shape index (κ1) is 20.1. The Morgan fingerprint density at radius 1 is 1.38 bits per heavy atom. The third kappa shape index (κ3) is 5.39. The molecule has 0 saturated carbocycles.